The van der Waals surface area contributed by atoms with Gasteiger partial charge in [0.05, 0.1) is 5.56 Å². The molecule has 29 heavy (non-hydrogen) atoms. The van der Waals surface area contributed by atoms with Crippen LogP contribution in [-0.4, -0.2) is 37.6 Å². The normalized spacial score (nSPS) is 11.5. The van der Waals surface area contributed by atoms with E-state index >= 15 is 0 Å². The number of oxazole rings is 1. The molecule has 0 spiro atoms. The van der Waals surface area contributed by atoms with Crippen LogP contribution in [0.2, 0.25) is 0 Å². The Bertz CT molecular complexity index is 1210. The zero-order valence-corrected chi connectivity index (χ0v) is 16.9. The van der Waals surface area contributed by atoms with Gasteiger partial charge in [-0.2, -0.15) is 5.26 Å². The molecule has 4 aromatic rings. The smallest absolute Gasteiger partial charge is 0.181 e. The van der Waals surface area contributed by atoms with Crippen molar-refractivity contribution in [2.24, 2.45) is 5.92 Å². The van der Waals surface area contributed by atoms with Crippen molar-refractivity contribution in [2.75, 3.05) is 18.8 Å². The van der Waals surface area contributed by atoms with Gasteiger partial charge in [-0.1, -0.05) is 25.6 Å². The standard InChI is InChI=1S/C19H20N8OS/c1-11(2)8-22-3-4-27-18-16(17(21)23-9-24-18)26-19(27)29-15-6-14-13(25-10-28-14)5-12(15)7-20/h5-6,9-11,22H,3-4,8H2,1-2H3,(H2,21,23,24). The van der Waals surface area contributed by atoms with Gasteiger partial charge < -0.3 is 20.0 Å². The second-order valence-corrected chi connectivity index (χ2v) is 7.97. The number of nitrogen functional groups attached to an aromatic ring is 1. The quantitative estimate of drug-likeness (QED) is 0.443. The highest BCUT2D eigenvalue weighted by atomic mass is 32.2. The Labute approximate surface area is 171 Å². The summed E-state index contributed by atoms with van der Waals surface area (Å²) in [7, 11) is 0. The first-order valence-electron chi connectivity index (χ1n) is 9.19. The summed E-state index contributed by atoms with van der Waals surface area (Å²) in [5, 5.41) is 13.7. The van der Waals surface area contributed by atoms with Crippen LogP contribution in [0.25, 0.3) is 22.3 Å². The van der Waals surface area contributed by atoms with Gasteiger partial charge in [0, 0.05) is 18.0 Å². The van der Waals surface area contributed by atoms with Crippen LogP contribution in [0.1, 0.15) is 19.4 Å². The van der Waals surface area contributed by atoms with Crippen LogP contribution < -0.4 is 11.1 Å². The molecule has 0 atom stereocenters. The maximum Gasteiger partial charge on any atom is 0.181 e. The van der Waals surface area contributed by atoms with Gasteiger partial charge in [0.15, 0.2) is 34.1 Å². The van der Waals surface area contributed by atoms with Crippen molar-refractivity contribution in [3.63, 3.8) is 0 Å². The molecule has 0 fully saturated rings. The minimum Gasteiger partial charge on any atom is -0.443 e. The van der Waals surface area contributed by atoms with E-state index in [9.17, 15) is 5.26 Å². The SMILES string of the molecule is CC(C)CNCCn1c(Sc2cc3ocnc3cc2C#N)nc2c(N)ncnc21. The van der Waals surface area contributed by atoms with Gasteiger partial charge in [-0.3, -0.25) is 0 Å². The van der Waals surface area contributed by atoms with Crippen LogP contribution in [-0.2, 0) is 6.54 Å². The lowest BCUT2D eigenvalue weighted by molar-refractivity contribution is 0.516. The third-order valence-electron chi connectivity index (χ3n) is 4.34. The molecule has 3 aromatic heterocycles. The topological polar surface area (TPSA) is 131 Å². The van der Waals surface area contributed by atoms with Crippen molar-refractivity contribution in [3.05, 3.63) is 30.4 Å². The average Bonchev–Trinajstić information content (AvgIpc) is 3.29. The van der Waals surface area contributed by atoms with Crippen molar-refractivity contribution < 1.29 is 4.42 Å². The summed E-state index contributed by atoms with van der Waals surface area (Å²) in [5.74, 6) is 0.894. The Morgan fingerprint density at radius 3 is 2.97 bits per heavy atom. The number of anilines is 1. The van der Waals surface area contributed by atoms with E-state index in [2.05, 4.69) is 45.2 Å². The van der Waals surface area contributed by atoms with Crippen molar-refractivity contribution >= 4 is 39.8 Å². The third kappa shape index (κ3) is 3.87. The van der Waals surface area contributed by atoms with Gasteiger partial charge in [-0.05, 0) is 24.6 Å². The van der Waals surface area contributed by atoms with Crippen LogP contribution in [0.15, 0.2) is 39.3 Å². The molecule has 3 heterocycles. The molecule has 0 aliphatic heterocycles. The lowest BCUT2D eigenvalue weighted by Crippen LogP contribution is -2.24. The number of nitriles is 1. The first kappa shape index (κ1) is 19.2. The number of imidazole rings is 1. The van der Waals surface area contributed by atoms with Crippen molar-refractivity contribution in [3.8, 4) is 6.07 Å². The fourth-order valence-electron chi connectivity index (χ4n) is 2.95. The summed E-state index contributed by atoms with van der Waals surface area (Å²) in [6.45, 7) is 6.67. The average molecular weight is 408 g/mol. The number of hydrogen-bond donors (Lipinski definition) is 2. The zero-order chi connectivity index (χ0) is 20.4. The fourth-order valence-corrected chi connectivity index (χ4v) is 3.95. The van der Waals surface area contributed by atoms with Crippen molar-refractivity contribution in [1.82, 2.24) is 29.8 Å². The number of fused-ring (bicyclic) bond motifs is 2. The van der Waals surface area contributed by atoms with E-state index in [0.29, 0.717) is 51.3 Å². The number of hydrogen-bond acceptors (Lipinski definition) is 9. The predicted molar refractivity (Wildman–Crippen MR) is 110 cm³/mol. The Kier molecular flexibility index (Phi) is 5.33. The second-order valence-electron chi connectivity index (χ2n) is 6.96. The largest absolute Gasteiger partial charge is 0.443 e. The Hall–Kier alpha value is -3.16. The van der Waals surface area contributed by atoms with Crippen LogP contribution in [0.4, 0.5) is 5.82 Å². The zero-order valence-electron chi connectivity index (χ0n) is 16.1. The van der Waals surface area contributed by atoms with Crippen molar-refractivity contribution in [1.29, 1.82) is 5.26 Å². The Morgan fingerprint density at radius 2 is 2.17 bits per heavy atom. The number of nitrogens with two attached hydrogens (primary N) is 1. The predicted octanol–water partition coefficient (Wildman–Crippen LogP) is 2.82. The van der Waals surface area contributed by atoms with E-state index in [1.165, 1.54) is 24.5 Å². The lowest BCUT2D eigenvalue weighted by atomic mass is 10.2. The number of benzene rings is 1. The highest BCUT2D eigenvalue weighted by molar-refractivity contribution is 7.99. The number of rotatable bonds is 7. The van der Waals surface area contributed by atoms with E-state index in [1.807, 2.05) is 4.57 Å². The van der Waals surface area contributed by atoms with Gasteiger partial charge >= 0.3 is 0 Å². The Balaban J connectivity index is 1.72. The van der Waals surface area contributed by atoms with E-state index in [1.54, 1.807) is 12.1 Å². The highest BCUT2D eigenvalue weighted by Crippen LogP contribution is 2.34. The summed E-state index contributed by atoms with van der Waals surface area (Å²) in [5.41, 5.74) is 9.01. The molecule has 1 aromatic carbocycles. The summed E-state index contributed by atoms with van der Waals surface area (Å²) >= 11 is 1.37. The molecule has 3 N–H and O–H groups in total. The summed E-state index contributed by atoms with van der Waals surface area (Å²) in [6, 6.07) is 5.74. The first-order chi connectivity index (χ1) is 14.1. The fraction of sp³-hybridized carbons (Fsp3) is 0.316. The lowest BCUT2D eigenvalue weighted by Gasteiger charge is -2.11. The molecule has 0 radical (unpaired) electrons. The van der Waals surface area contributed by atoms with Crippen molar-refractivity contribution in [2.45, 2.75) is 30.4 Å². The van der Waals surface area contributed by atoms with Crippen LogP contribution >= 0.6 is 11.8 Å². The molecule has 0 saturated heterocycles. The number of nitrogens with one attached hydrogen (secondary N) is 1. The molecular formula is C19H20N8OS. The monoisotopic (exact) mass is 408 g/mol. The van der Waals surface area contributed by atoms with Gasteiger partial charge in [0.25, 0.3) is 0 Å². The molecule has 0 saturated carbocycles. The van der Waals surface area contributed by atoms with Crippen LogP contribution in [0.3, 0.4) is 0 Å². The molecule has 0 amide bonds. The molecule has 0 bridgehead atoms. The van der Waals surface area contributed by atoms with Gasteiger partial charge in [0.1, 0.15) is 17.9 Å². The molecule has 10 heteroatoms. The summed E-state index contributed by atoms with van der Waals surface area (Å²) in [6.07, 6.45) is 2.80. The van der Waals surface area contributed by atoms with E-state index < -0.39 is 0 Å². The number of aromatic nitrogens is 5. The first-order valence-corrected chi connectivity index (χ1v) is 10.0. The van der Waals surface area contributed by atoms with Crippen LogP contribution in [0, 0.1) is 17.2 Å². The molecule has 0 unspecified atom stereocenters. The molecule has 4 rings (SSSR count). The van der Waals surface area contributed by atoms with Gasteiger partial charge in [-0.15, -0.1) is 0 Å². The van der Waals surface area contributed by atoms with Gasteiger partial charge in [0.2, 0.25) is 0 Å². The molecule has 0 aliphatic carbocycles. The second kappa shape index (κ2) is 8.06. The molecule has 9 nitrogen and oxygen atoms in total. The van der Waals surface area contributed by atoms with Gasteiger partial charge in [-0.25, -0.2) is 19.9 Å². The van der Waals surface area contributed by atoms with E-state index in [0.717, 1.165) is 18.0 Å². The molecular weight excluding hydrogens is 388 g/mol. The summed E-state index contributed by atoms with van der Waals surface area (Å²) in [4.78, 5) is 17.9. The summed E-state index contributed by atoms with van der Waals surface area (Å²) < 4.78 is 7.39. The Morgan fingerprint density at radius 1 is 1.31 bits per heavy atom. The maximum absolute atomic E-state index is 9.57. The molecule has 148 valence electrons. The minimum atomic E-state index is 0.330. The molecule has 0 aliphatic rings. The van der Waals surface area contributed by atoms with E-state index in [4.69, 9.17) is 10.2 Å². The maximum atomic E-state index is 9.57. The van der Waals surface area contributed by atoms with Crippen LogP contribution in [0.5, 0.6) is 0 Å². The van der Waals surface area contributed by atoms with E-state index in [-0.39, 0.29) is 0 Å². The third-order valence-corrected chi connectivity index (χ3v) is 5.40. The minimum absolute atomic E-state index is 0.330. The number of nitrogens with zero attached hydrogens (tertiary/aromatic N) is 6. The highest BCUT2D eigenvalue weighted by Gasteiger charge is 2.18.